The molecule has 1 aromatic heterocycles. The molecule has 2 saturated heterocycles. The first-order valence-corrected chi connectivity index (χ1v) is 14.1. The van der Waals surface area contributed by atoms with E-state index in [0.717, 1.165) is 34.2 Å². The number of morpholine rings is 1. The molecule has 10 heteroatoms. The molecule has 1 unspecified atom stereocenters. The molecule has 35 heavy (non-hydrogen) atoms. The topological polar surface area (TPSA) is 89.0 Å². The van der Waals surface area contributed by atoms with Crippen molar-refractivity contribution in [1.82, 2.24) is 9.29 Å². The number of carbonyl (C=O) groups excluding carboxylic acids is 1. The average molecular weight is 516 g/mol. The van der Waals surface area contributed by atoms with Crippen molar-refractivity contribution in [3.63, 3.8) is 0 Å². The summed E-state index contributed by atoms with van der Waals surface area (Å²) in [5.74, 6) is -0.218. The third kappa shape index (κ3) is 4.85. The van der Waals surface area contributed by atoms with Gasteiger partial charge in [-0.1, -0.05) is 17.4 Å². The van der Waals surface area contributed by atoms with Gasteiger partial charge in [0.2, 0.25) is 10.0 Å². The first-order valence-electron chi connectivity index (χ1n) is 11.8. The van der Waals surface area contributed by atoms with E-state index in [0.29, 0.717) is 50.1 Å². The van der Waals surface area contributed by atoms with Gasteiger partial charge in [-0.3, -0.25) is 9.69 Å². The van der Waals surface area contributed by atoms with Crippen molar-refractivity contribution >= 4 is 42.6 Å². The van der Waals surface area contributed by atoms with Crippen LogP contribution in [0.3, 0.4) is 0 Å². The molecule has 5 rings (SSSR count). The van der Waals surface area contributed by atoms with Gasteiger partial charge in [-0.05, 0) is 68.1 Å². The Morgan fingerprint density at radius 1 is 1.11 bits per heavy atom. The Morgan fingerprint density at radius 2 is 1.86 bits per heavy atom. The van der Waals surface area contributed by atoms with Crippen molar-refractivity contribution < 1.29 is 22.7 Å². The minimum absolute atomic E-state index is 0.0465. The van der Waals surface area contributed by atoms with E-state index in [-0.39, 0.29) is 16.9 Å². The highest BCUT2D eigenvalue weighted by molar-refractivity contribution is 7.89. The van der Waals surface area contributed by atoms with E-state index in [1.165, 1.54) is 27.8 Å². The number of nitrogens with zero attached hydrogens (tertiary/aromatic N) is 3. The molecule has 1 amide bonds. The second-order valence-electron chi connectivity index (χ2n) is 8.94. The molecule has 2 aliphatic heterocycles. The summed E-state index contributed by atoms with van der Waals surface area (Å²) in [4.78, 5) is 20.4. The Bertz CT molecular complexity index is 1330. The number of hydrogen-bond donors (Lipinski definition) is 0. The van der Waals surface area contributed by atoms with Crippen LogP contribution >= 0.6 is 11.3 Å². The second kappa shape index (κ2) is 9.94. The Kier molecular flexibility index (Phi) is 6.91. The summed E-state index contributed by atoms with van der Waals surface area (Å²) < 4.78 is 39.5. The highest BCUT2D eigenvalue weighted by Crippen LogP contribution is 2.33. The van der Waals surface area contributed by atoms with Gasteiger partial charge >= 0.3 is 0 Å². The highest BCUT2D eigenvalue weighted by atomic mass is 32.2. The molecule has 8 nitrogen and oxygen atoms in total. The quantitative estimate of drug-likeness (QED) is 0.497. The van der Waals surface area contributed by atoms with Crippen LogP contribution in [0.5, 0.6) is 0 Å². The largest absolute Gasteiger partial charge is 0.379 e. The van der Waals surface area contributed by atoms with E-state index in [2.05, 4.69) is 13.0 Å². The van der Waals surface area contributed by atoms with Crippen LogP contribution in [0.1, 0.15) is 34.3 Å². The van der Waals surface area contributed by atoms with Gasteiger partial charge in [0.15, 0.2) is 5.13 Å². The molecule has 2 aromatic carbocycles. The van der Waals surface area contributed by atoms with Crippen molar-refractivity contribution in [1.29, 1.82) is 0 Å². The molecule has 186 valence electrons. The van der Waals surface area contributed by atoms with E-state index in [1.807, 2.05) is 13.0 Å². The molecule has 0 aliphatic carbocycles. The molecular formula is C25H29N3O5S2. The van der Waals surface area contributed by atoms with Crippen molar-refractivity contribution in [2.45, 2.75) is 37.7 Å². The fraction of sp³-hybridized carbons (Fsp3) is 0.440. The lowest BCUT2D eigenvalue weighted by Gasteiger charge is -2.26. The molecule has 0 N–H and O–H groups in total. The molecule has 0 radical (unpaired) electrons. The number of amides is 1. The predicted molar refractivity (Wildman–Crippen MR) is 136 cm³/mol. The number of benzene rings is 2. The third-order valence-corrected chi connectivity index (χ3v) is 9.63. The number of aromatic nitrogens is 1. The molecular weight excluding hydrogens is 486 g/mol. The normalized spacial score (nSPS) is 19.3. The third-order valence-electron chi connectivity index (χ3n) is 6.67. The molecule has 0 bridgehead atoms. The lowest BCUT2D eigenvalue weighted by Crippen LogP contribution is -2.40. The fourth-order valence-corrected chi connectivity index (χ4v) is 6.87. The van der Waals surface area contributed by atoms with Crippen LogP contribution < -0.4 is 4.90 Å². The monoisotopic (exact) mass is 515 g/mol. The lowest BCUT2D eigenvalue weighted by atomic mass is 10.1. The van der Waals surface area contributed by atoms with Crippen LogP contribution in [0.4, 0.5) is 5.13 Å². The number of fused-ring (bicyclic) bond motifs is 1. The average Bonchev–Trinajstić information content (AvgIpc) is 3.55. The molecule has 1 atom stereocenters. The van der Waals surface area contributed by atoms with Crippen molar-refractivity contribution in [2.75, 3.05) is 44.4 Å². The SMILES string of the molecule is Cc1ccc2sc(N(CC3CCCO3)C(=O)c3ccc(S(=O)(=O)N4CCOCC4)cc3)nc2c1C. The molecule has 0 saturated carbocycles. The van der Waals surface area contributed by atoms with Gasteiger partial charge < -0.3 is 9.47 Å². The van der Waals surface area contributed by atoms with Crippen LogP contribution in [-0.4, -0.2) is 69.2 Å². The van der Waals surface area contributed by atoms with Crippen LogP contribution in [-0.2, 0) is 19.5 Å². The molecule has 0 spiro atoms. The second-order valence-corrected chi connectivity index (χ2v) is 11.9. The first-order chi connectivity index (χ1) is 16.8. The minimum Gasteiger partial charge on any atom is -0.379 e. The van der Waals surface area contributed by atoms with Crippen molar-refractivity contribution in [2.24, 2.45) is 0 Å². The number of rotatable bonds is 6. The van der Waals surface area contributed by atoms with Gasteiger partial charge in [-0.15, -0.1) is 0 Å². The van der Waals surface area contributed by atoms with Gasteiger partial charge in [0.05, 0.1) is 41.0 Å². The summed E-state index contributed by atoms with van der Waals surface area (Å²) in [6.07, 6.45) is 1.82. The van der Waals surface area contributed by atoms with Crippen LogP contribution in [0.2, 0.25) is 0 Å². The number of anilines is 1. The zero-order valence-electron chi connectivity index (χ0n) is 19.9. The van der Waals surface area contributed by atoms with Crippen LogP contribution in [0, 0.1) is 13.8 Å². The zero-order valence-corrected chi connectivity index (χ0v) is 21.5. The fourth-order valence-electron chi connectivity index (χ4n) is 4.43. The van der Waals surface area contributed by atoms with Gasteiger partial charge in [0.25, 0.3) is 5.91 Å². The molecule has 3 aromatic rings. The van der Waals surface area contributed by atoms with Crippen LogP contribution in [0.25, 0.3) is 10.2 Å². The summed E-state index contributed by atoms with van der Waals surface area (Å²) in [6.45, 7) is 6.62. The maximum atomic E-state index is 13.7. The Labute approximate surface area is 209 Å². The summed E-state index contributed by atoms with van der Waals surface area (Å²) in [7, 11) is -3.62. The number of aryl methyl sites for hydroxylation is 2. The molecule has 2 fully saturated rings. The van der Waals surface area contributed by atoms with Gasteiger partial charge in [-0.2, -0.15) is 4.31 Å². The van der Waals surface area contributed by atoms with E-state index in [1.54, 1.807) is 17.0 Å². The smallest absolute Gasteiger partial charge is 0.260 e. The van der Waals surface area contributed by atoms with Crippen LogP contribution in [0.15, 0.2) is 41.3 Å². The Balaban J connectivity index is 1.45. The van der Waals surface area contributed by atoms with E-state index in [9.17, 15) is 13.2 Å². The maximum Gasteiger partial charge on any atom is 0.260 e. The summed E-state index contributed by atoms with van der Waals surface area (Å²) in [5.41, 5.74) is 3.58. The highest BCUT2D eigenvalue weighted by Gasteiger charge is 2.29. The van der Waals surface area contributed by atoms with Gasteiger partial charge in [0.1, 0.15) is 0 Å². The number of sulfonamides is 1. The standard InChI is InChI=1S/C25H29N3O5S2/c1-17-5-10-22-23(18(17)2)26-25(34-22)28(16-20-4-3-13-33-20)24(29)19-6-8-21(9-7-19)35(30,31)27-11-14-32-15-12-27/h5-10,20H,3-4,11-16H2,1-2H3. The molecule has 3 heterocycles. The molecule has 2 aliphatic rings. The Morgan fingerprint density at radius 3 is 2.54 bits per heavy atom. The van der Waals surface area contributed by atoms with Gasteiger partial charge in [-0.25, -0.2) is 13.4 Å². The van der Waals surface area contributed by atoms with E-state index < -0.39 is 10.0 Å². The lowest BCUT2D eigenvalue weighted by molar-refractivity contribution is 0.0730. The Hall–Kier alpha value is -2.37. The number of hydrogen-bond acceptors (Lipinski definition) is 7. The number of ether oxygens (including phenoxy) is 2. The van der Waals surface area contributed by atoms with Gasteiger partial charge in [0, 0.05) is 25.3 Å². The summed E-state index contributed by atoms with van der Waals surface area (Å²) in [5, 5.41) is 0.624. The van der Waals surface area contributed by atoms with E-state index >= 15 is 0 Å². The summed E-state index contributed by atoms with van der Waals surface area (Å²) in [6, 6.07) is 10.3. The first kappa shape index (κ1) is 24.3. The number of thiazole rings is 1. The predicted octanol–water partition coefficient (Wildman–Crippen LogP) is 3.76. The van der Waals surface area contributed by atoms with E-state index in [4.69, 9.17) is 14.5 Å². The minimum atomic E-state index is -3.62. The zero-order chi connectivity index (χ0) is 24.6. The van der Waals surface area contributed by atoms with Crippen molar-refractivity contribution in [3.05, 3.63) is 53.1 Å². The number of carbonyl (C=O) groups is 1. The van der Waals surface area contributed by atoms with Crippen molar-refractivity contribution in [3.8, 4) is 0 Å². The maximum absolute atomic E-state index is 13.7. The summed E-state index contributed by atoms with van der Waals surface area (Å²) >= 11 is 1.48.